The fraction of sp³-hybridized carbons (Fsp3) is 0.441. The van der Waals surface area contributed by atoms with Crippen LogP contribution in [0.4, 0.5) is 0 Å². The van der Waals surface area contributed by atoms with Gasteiger partial charge in [-0.15, -0.1) is 0 Å². The molecule has 0 spiro atoms. The molecule has 3 saturated heterocycles. The van der Waals surface area contributed by atoms with Gasteiger partial charge in [-0.05, 0) is 80.5 Å². The lowest BCUT2D eigenvalue weighted by Gasteiger charge is -2.50. The first-order chi connectivity index (χ1) is 19.1. The maximum absolute atomic E-state index is 13.0. The number of benzene rings is 3. The lowest BCUT2D eigenvalue weighted by atomic mass is 9.91. The zero-order valence-corrected chi connectivity index (χ0v) is 23.5. The first kappa shape index (κ1) is 26.1. The maximum Gasteiger partial charge on any atom is 0.253 e. The average Bonchev–Trinajstić information content (AvgIpc) is 3.49. The molecule has 3 aliphatic rings. The molecule has 3 aromatic rings. The minimum Gasteiger partial charge on any atom is -0.497 e. The van der Waals surface area contributed by atoms with Crippen LogP contribution in [0, 0.1) is 0 Å². The van der Waals surface area contributed by atoms with Gasteiger partial charge >= 0.3 is 0 Å². The number of hydrogen-bond acceptors (Lipinski definition) is 4. The van der Waals surface area contributed by atoms with Crippen molar-refractivity contribution in [3.05, 3.63) is 101 Å². The summed E-state index contributed by atoms with van der Waals surface area (Å²) >= 11 is 0. The van der Waals surface area contributed by atoms with Crippen LogP contribution in [0.25, 0.3) is 0 Å². The number of piperazine rings is 1. The third kappa shape index (κ3) is 4.76. The standard InChI is InChI=1S/C34H41N3O2/c1-4-35(5-2)34(38)26-16-14-25(15-17-26)33(27-12-9-13-28(22-27)39-3)37-31-20-21-32(37)30-19-18-29(31)36(30)23-24-10-7-6-8-11-24/h6-17,22,29-33H,4-5,18-21,23H2,1-3H3/t29-,30?,31?,32?,33?/m1/s1. The Morgan fingerprint density at radius 3 is 2.08 bits per heavy atom. The van der Waals surface area contributed by atoms with Gasteiger partial charge in [-0.3, -0.25) is 14.6 Å². The van der Waals surface area contributed by atoms with Crippen LogP contribution in [0.15, 0.2) is 78.9 Å². The Labute approximate surface area is 233 Å². The molecule has 3 fully saturated rings. The van der Waals surface area contributed by atoms with Crippen LogP contribution in [0.5, 0.6) is 5.75 Å². The van der Waals surface area contributed by atoms with Gasteiger partial charge in [0.05, 0.1) is 13.2 Å². The third-order valence-corrected chi connectivity index (χ3v) is 9.46. The summed E-state index contributed by atoms with van der Waals surface area (Å²) in [6.07, 6.45) is 5.04. The number of hydrogen-bond donors (Lipinski definition) is 0. The van der Waals surface area contributed by atoms with E-state index in [2.05, 4.69) is 70.5 Å². The maximum atomic E-state index is 13.0. The van der Waals surface area contributed by atoms with Gasteiger partial charge in [0.2, 0.25) is 0 Å². The predicted molar refractivity (Wildman–Crippen MR) is 156 cm³/mol. The molecule has 4 unspecified atom stereocenters. The molecule has 3 aliphatic heterocycles. The zero-order valence-electron chi connectivity index (χ0n) is 23.5. The molecule has 3 heterocycles. The molecule has 0 radical (unpaired) electrons. The second-order valence-corrected chi connectivity index (χ2v) is 11.3. The Hall–Kier alpha value is -3.15. The summed E-state index contributed by atoms with van der Waals surface area (Å²) in [4.78, 5) is 20.6. The van der Waals surface area contributed by atoms with Crippen molar-refractivity contribution in [3.8, 4) is 5.75 Å². The van der Waals surface area contributed by atoms with Crippen molar-refractivity contribution >= 4 is 5.91 Å². The van der Waals surface area contributed by atoms with Gasteiger partial charge in [-0.2, -0.15) is 0 Å². The largest absolute Gasteiger partial charge is 0.497 e. The van der Waals surface area contributed by atoms with Crippen LogP contribution in [-0.4, -0.2) is 65.0 Å². The van der Waals surface area contributed by atoms with Crippen LogP contribution < -0.4 is 4.74 Å². The van der Waals surface area contributed by atoms with E-state index in [4.69, 9.17) is 4.74 Å². The molecule has 39 heavy (non-hydrogen) atoms. The summed E-state index contributed by atoms with van der Waals surface area (Å²) in [7, 11) is 1.74. The molecular weight excluding hydrogens is 482 g/mol. The molecule has 5 heteroatoms. The number of carbonyl (C=O) groups excluding carboxylic acids is 1. The second kappa shape index (κ2) is 11.1. The highest BCUT2D eigenvalue weighted by Crippen LogP contribution is 2.51. The van der Waals surface area contributed by atoms with Crippen LogP contribution in [0.1, 0.15) is 72.6 Å². The SMILES string of the molecule is CCN(CC)C(=O)c1ccc(C(c2cccc(OC)c2)N2C3CCC2[C@H]2CCC3N2Cc2ccccc2)cc1. The highest BCUT2D eigenvalue weighted by atomic mass is 16.5. The Morgan fingerprint density at radius 1 is 0.821 bits per heavy atom. The van der Waals surface area contributed by atoms with Gasteiger partial charge in [-0.25, -0.2) is 0 Å². The van der Waals surface area contributed by atoms with Gasteiger partial charge < -0.3 is 9.64 Å². The highest BCUT2D eigenvalue weighted by molar-refractivity contribution is 5.94. The molecule has 0 aliphatic carbocycles. The van der Waals surface area contributed by atoms with Gasteiger partial charge in [0, 0.05) is 49.4 Å². The molecule has 204 valence electrons. The van der Waals surface area contributed by atoms with Crippen molar-refractivity contribution in [2.24, 2.45) is 0 Å². The predicted octanol–water partition coefficient (Wildman–Crippen LogP) is 6.15. The van der Waals surface area contributed by atoms with E-state index in [1.54, 1.807) is 7.11 Å². The van der Waals surface area contributed by atoms with Crippen LogP contribution in [-0.2, 0) is 6.54 Å². The van der Waals surface area contributed by atoms with Gasteiger partial charge in [0.1, 0.15) is 5.75 Å². The quantitative estimate of drug-likeness (QED) is 0.337. The van der Waals surface area contributed by atoms with Crippen LogP contribution in [0.2, 0.25) is 0 Å². The van der Waals surface area contributed by atoms with E-state index < -0.39 is 0 Å². The molecule has 3 aromatic carbocycles. The number of fused-ring (bicyclic) bond motifs is 6. The number of ether oxygens (including phenoxy) is 1. The third-order valence-electron chi connectivity index (χ3n) is 9.46. The fourth-order valence-corrected chi connectivity index (χ4v) is 7.68. The summed E-state index contributed by atoms with van der Waals surface area (Å²) in [5, 5.41) is 0. The van der Waals surface area contributed by atoms with E-state index in [-0.39, 0.29) is 11.9 Å². The Morgan fingerprint density at radius 2 is 1.46 bits per heavy atom. The summed E-state index contributed by atoms with van der Waals surface area (Å²) in [6.45, 7) is 6.57. The minimum atomic E-state index is 0.108. The van der Waals surface area contributed by atoms with E-state index in [9.17, 15) is 4.79 Å². The molecule has 5 nitrogen and oxygen atoms in total. The number of methoxy groups -OCH3 is 1. The molecule has 0 aromatic heterocycles. The molecule has 1 amide bonds. The number of nitrogens with zero attached hydrogens (tertiary/aromatic N) is 3. The normalized spacial score (nSPS) is 25.0. The highest BCUT2D eigenvalue weighted by Gasteiger charge is 2.56. The smallest absolute Gasteiger partial charge is 0.253 e. The van der Waals surface area contributed by atoms with Crippen molar-refractivity contribution in [1.82, 2.24) is 14.7 Å². The van der Waals surface area contributed by atoms with E-state index >= 15 is 0 Å². The molecule has 5 atom stereocenters. The van der Waals surface area contributed by atoms with Gasteiger partial charge in [0.25, 0.3) is 5.91 Å². The number of rotatable bonds is 9. The molecule has 0 saturated carbocycles. The molecule has 6 rings (SSSR count). The van der Waals surface area contributed by atoms with Crippen molar-refractivity contribution in [3.63, 3.8) is 0 Å². The van der Waals surface area contributed by atoms with Crippen LogP contribution in [0.3, 0.4) is 0 Å². The minimum absolute atomic E-state index is 0.108. The van der Waals surface area contributed by atoms with E-state index in [0.717, 1.165) is 30.9 Å². The Balaban J connectivity index is 1.35. The van der Waals surface area contributed by atoms with Crippen LogP contribution >= 0.6 is 0 Å². The fourth-order valence-electron chi connectivity index (χ4n) is 7.68. The van der Waals surface area contributed by atoms with Crippen molar-refractivity contribution in [2.45, 2.75) is 76.3 Å². The lowest BCUT2D eigenvalue weighted by molar-refractivity contribution is -0.0140. The topological polar surface area (TPSA) is 36.0 Å². The van der Waals surface area contributed by atoms with Gasteiger partial charge in [0.15, 0.2) is 0 Å². The monoisotopic (exact) mass is 523 g/mol. The summed E-state index contributed by atoms with van der Waals surface area (Å²) in [6, 6.07) is 30.4. The Bertz CT molecular complexity index is 1250. The van der Waals surface area contributed by atoms with E-state index in [1.165, 1.54) is 42.4 Å². The number of amides is 1. The van der Waals surface area contributed by atoms with Crippen molar-refractivity contribution in [2.75, 3.05) is 20.2 Å². The summed E-state index contributed by atoms with van der Waals surface area (Å²) < 4.78 is 5.66. The lowest BCUT2D eigenvalue weighted by Crippen LogP contribution is -2.60. The summed E-state index contributed by atoms with van der Waals surface area (Å²) in [5.41, 5.74) is 4.71. The first-order valence-electron chi connectivity index (χ1n) is 14.7. The molecular formula is C34H41N3O2. The van der Waals surface area contributed by atoms with E-state index in [0.29, 0.717) is 24.2 Å². The van der Waals surface area contributed by atoms with E-state index in [1.807, 2.05) is 36.9 Å². The second-order valence-electron chi connectivity index (χ2n) is 11.3. The van der Waals surface area contributed by atoms with Gasteiger partial charge in [-0.1, -0.05) is 54.6 Å². The van der Waals surface area contributed by atoms with Crippen molar-refractivity contribution in [1.29, 1.82) is 0 Å². The molecule has 4 bridgehead atoms. The zero-order chi connectivity index (χ0) is 26.9. The van der Waals surface area contributed by atoms with Crippen molar-refractivity contribution < 1.29 is 9.53 Å². The summed E-state index contributed by atoms with van der Waals surface area (Å²) in [5.74, 6) is 1.00. The molecule has 0 N–H and O–H groups in total. The number of carbonyl (C=O) groups is 1. The first-order valence-corrected chi connectivity index (χ1v) is 14.7. The Kier molecular flexibility index (Phi) is 7.46. The average molecular weight is 524 g/mol.